The molecule has 0 heterocycles. The predicted molar refractivity (Wildman–Crippen MR) is 66.8 cm³/mol. The first kappa shape index (κ1) is 12.7. The van der Waals surface area contributed by atoms with Crippen molar-refractivity contribution in [1.82, 2.24) is 5.43 Å². The second-order valence-electron chi connectivity index (χ2n) is 4.41. The van der Waals surface area contributed by atoms with Crippen LogP contribution in [0, 0.1) is 18.3 Å². The molecule has 0 aromatic carbocycles. The van der Waals surface area contributed by atoms with Crippen LogP contribution in [0.3, 0.4) is 0 Å². The molecule has 0 saturated carbocycles. The van der Waals surface area contributed by atoms with Gasteiger partial charge in [-0.1, -0.05) is 39.0 Å². The lowest BCUT2D eigenvalue weighted by Crippen LogP contribution is -2.20. The van der Waals surface area contributed by atoms with E-state index in [0.29, 0.717) is 17.4 Å². The summed E-state index contributed by atoms with van der Waals surface area (Å²) in [4.78, 5) is 11.6. The van der Waals surface area contributed by atoms with Crippen LogP contribution < -0.4 is 5.43 Å². The topological polar surface area (TPSA) is 41.5 Å². The van der Waals surface area contributed by atoms with Crippen molar-refractivity contribution in [3.8, 4) is 0 Å². The number of hydrogen-bond donors (Lipinski definition) is 1. The van der Waals surface area contributed by atoms with Crippen molar-refractivity contribution in [2.75, 3.05) is 0 Å². The number of amides is 1. The SMILES string of the molecule is CC1[CH]C=C(C(=O)N/N=C/CC(C)C)C=C1. The Morgan fingerprint density at radius 1 is 1.62 bits per heavy atom. The van der Waals surface area contributed by atoms with Gasteiger partial charge in [-0.2, -0.15) is 5.10 Å². The summed E-state index contributed by atoms with van der Waals surface area (Å²) < 4.78 is 0. The zero-order valence-corrected chi connectivity index (χ0v) is 10.1. The lowest BCUT2D eigenvalue weighted by molar-refractivity contribution is -0.117. The molecule has 3 nitrogen and oxygen atoms in total. The molecule has 1 aliphatic rings. The monoisotopic (exact) mass is 219 g/mol. The van der Waals surface area contributed by atoms with E-state index < -0.39 is 0 Å². The average Bonchev–Trinajstić information content (AvgIpc) is 2.25. The molecule has 0 spiro atoms. The highest BCUT2D eigenvalue weighted by molar-refractivity contribution is 5.96. The zero-order valence-electron chi connectivity index (χ0n) is 10.1. The minimum absolute atomic E-state index is 0.153. The van der Waals surface area contributed by atoms with Crippen LogP contribution in [0.2, 0.25) is 0 Å². The Morgan fingerprint density at radius 2 is 2.38 bits per heavy atom. The van der Waals surface area contributed by atoms with Gasteiger partial charge in [-0.25, -0.2) is 5.43 Å². The van der Waals surface area contributed by atoms with Crippen LogP contribution in [0.5, 0.6) is 0 Å². The average molecular weight is 219 g/mol. The number of hydrazone groups is 1. The Hall–Kier alpha value is -1.38. The molecule has 0 saturated heterocycles. The first-order valence-corrected chi connectivity index (χ1v) is 5.65. The van der Waals surface area contributed by atoms with E-state index in [1.54, 1.807) is 6.21 Å². The number of carbonyl (C=O) groups is 1. The number of hydrogen-bond acceptors (Lipinski definition) is 2. The predicted octanol–water partition coefficient (Wildman–Crippen LogP) is 2.47. The molecular weight excluding hydrogens is 200 g/mol. The molecule has 1 radical (unpaired) electrons. The third kappa shape index (κ3) is 4.43. The maximum atomic E-state index is 11.6. The van der Waals surface area contributed by atoms with Gasteiger partial charge in [0.15, 0.2) is 0 Å². The van der Waals surface area contributed by atoms with Crippen LogP contribution in [0.25, 0.3) is 0 Å². The van der Waals surface area contributed by atoms with Crippen molar-refractivity contribution in [2.24, 2.45) is 16.9 Å². The van der Waals surface area contributed by atoms with Gasteiger partial charge in [-0.15, -0.1) is 0 Å². The Bertz CT molecular complexity index is 327. The van der Waals surface area contributed by atoms with E-state index in [9.17, 15) is 4.79 Å². The van der Waals surface area contributed by atoms with Crippen molar-refractivity contribution in [3.05, 3.63) is 30.2 Å². The van der Waals surface area contributed by atoms with Crippen LogP contribution in [0.15, 0.2) is 28.9 Å². The second-order valence-corrected chi connectivity index (χ2v) is 4.41. The van der Waals surface area contributed by atoms with Crippen LogP contribution in [0.1, 0.15) is 27.2 Å². The minimum Gasteiger partial charge on any atom is -0.267 e. The quantitative estimate of drug-likeness (QED) is 0.572. The molecule has 0 fully saturated rings. The molecule has 1 amide bonds. The maximum Gasteiger partial charge on any atom is 0.271 e. The van der Waals surface area contributed by atoms with Crippen molar-refractivity contribution in [3.63, 3.8) is 0 Å². The van der Waals surface area contributed by atoms with Crippen LogP contribution in [-0.2, 0) is 4.79 Å². The van der Waals surface area contributed by atoms with Crippen LogP contribution in [0.4, 0.5) is 0 Å². The molecule has 16 heavy (non-hydrogen) atoms. The van der Waals surface area contributed by atoms with Gasteiger partial charge in [0.2, 0.25) is 0 Å². The fourth-order valence-corrected chi connectivity index (χ4v) is 1.21. The largest absolute Gasteiger partial charge is 0.271 e. The summed E-state index contributed by atoms with van der Waals surface area (Å²) in [6, 6.07) is 0. The summed E-state index contributed by atoms with van der Waals surface area (Å²) in [5, 5.41) is 3.89. The summed E-state index contributed by atoms with van der Waals surface area (Å²) in [6.07, 6.45) is 10.3. The van der Waals surface area contributed by atoms with Gasteiger partial charge < -0.3 is 0 Å². The summed E-state index contributed by atoms with van der Waals surface area (Å²) in [5.74, 6) is 0.809. The normalized spacial score (nSPS) is 20.2. The van der Waals surface area contributed by atoms with Crippen LogP contribution in [-0.4, -0.2) is 12.1 Å². The number of nitrogens with one attached hydrogen (secondary N) is 1. The van der Waals surface area contributed by atoms with Gasteiger partial charge in [-0.3, -0.25) is 4.79 Å². The molecule has 1 aliphatic carbocycles. The summed E-state index contributed by atoms with van der Waals surface area (Å²) in [6.45, 7) is 6.29. The first-order valence-electron chi connectivity index (χ1n) is 5.65. The molecule has 0 aromatic heterocycles. The third-order valence-corrected chi connectivity index (χ3v) is 2.26. The van der Waals surface area contributed by atoms with Crippen molar-refractivity contribution < 1.29 is 4.79 Å². The van der Waals surface area contributed by atoms with E-state index in [1.165, 1.54) is 0 Å². The smallest absolute Gasteiger partial charge is 0.267 e. The van der Waals surface area contributed by atoms with Gasteiger partial charge in [0.05, 0.1) is 0 Å². The van der Waals surface area contributed by atoms with E-state index in [2.05, 4.69) is 31.3 Å². The number of carbonyl (C=O) groups excluding carboxylic acids is 1. The fraction of sp³-hybridized carbons (Fsp3) is 0.462. The molecule has 1 rings (SSSR count). The van der Waals surface area contributed by atoms with Gasteiger partial charge >= 0.3 is 0 Å². The lowest BCUT2D eigenvalue weighted by Gasteiger charge is -2.09. The maximum absolute atomic E-state index is 11.6. The third-order valence-electron chi connectivity index (χ3n) is 2.26. The highest BCUT2D eigenvalue weighted by Gasteiger charge is 2.09. The molecule has 1 atom stereocenters. The zero-order chi connectivity index (χ0) is 12.0. The van der Waals surface area contributed by atoms with E-state index >= 15 is 0 Å². The summed E-state index contributed by atoms with van der Waals surface area (Å²) in [5.41, 5.74) is 3.17. The Morgan fingerprint density at radius 3 is 2.94 bits per heavy atom. The fourth-order valence-electron chi connectivity index (χ4n) is 1.21. The summed E-state index contributed by atoms with van der Waals surface area (Å²) in [7, 11) is 0. The molecule has 1 unspecified atom stereocenters. The van der Waals surface area contributed by atoms with Gasteiger partial charge in [0.25, 0.3) is 5.91 Å². The number of rotatable bonds is 4. The molecule has 87 valence electrons. The molecule has 0 bridgehead atoms. The van der Waals surface area contributed by atoms with E-state index in [-0.39, 0.29) is 5.91 Å². The Kier molecular flexibility index (Phi) is 4.96. The minimum atomic E-state index is -0.153. The number of allylic oxidation sites excluding steroid dienone is 2. The second kappa shape index (κ2) is 6.26. The van der Waals surface area contributed by atoms with Crippen molar-refractivity contribution >= 4 is 12.1 Å². The molecule has 0 aliphatic heterocycles. The molecular formula is C13H19N2O. The molecule has 3 heteroatoms. The van der Waals surface area contributed by atoms with Crippen molar-refractivity contribution in [2.45, 2.75) is 27.2 Å². The van der Waals surface area contributed by atoms with Crippen molar-refractivity contribution in [1.29, 1.82) is 0 Å². The first-order chi connectivity index (χ1) is 7.59. The lowest BCUT2D eigenvalue weighted by atomic mass is 9.98. The molecule has 0 aromatic rings. The van der Waals surface area contributed by atoms with Gasteiger partial charge in [0.1, 0.15) is 0 Å². The summed E-state index contributed by atoms with van der Waals surface area (Å²) >= 11 is 0. The highest BCUT2D eigenvalue weighted by atomic mass is 16.2. The van der Waals surface area contributed by atoms with E-state index in [4.69, 9.17) is 0 Å². The standard InChI is InChI=1S/C13H19N2O/c1-10(2)8-9-14-15-13(16)12-6-4-11(3)5-7-12/h4-7,9-11H,8H2,1-3H3,(H,15,16)/b14-9+. The Labute approximate surface area is 97.3 Å². The number of nitrogens with zero attached hydrogens (tertiary/aromatic N) is 1. The van der Waals surface area contributed by atoms with E-state index in [1.807, 2.05) is 24.6 Å². The van der Waals surface area contributed by atoms with Crippen LogP contribution >= 0.6 is 0 Å². The van der Waals surface area contributed by atoms with Gasteiger partial charge in [-0.05, 0) is 24.7 Å². The van der Waals surface area contributed by atoms with Gasteiger partial charge in [0, 0.05) is 11.8 Å². The Balaban J connectivity index is 2.36. The van der Waals surface area contributed by atoms with E-state index in [0.717, 1.165) is 6.42 Å². The molecule has 1 N–H and O–H groups in total. The highest BCUT2D eigenvalue weighted by Crippen LogP contribution is 2.14.